The molecule has 0 aliphatic heterocycles. The van der Waals surface area contributed by atoms with E-state index >= 15 is 0 Å². The van der Waals surface area contributed by atoms with Gasteiger partial charge in [0.15, 0.2) is 0 Å². The van der Waals surface area contributed by atoms with Crippen molar-refractivity contribution in [1.82, 2.24) is 4.98 Å². The van der Waals surface area contributed by atoms with Crippen LogP contribution in [0.1, 0.15) is 16.8 Å². The first-order valence-electron chi connectivity index (χ1n) is 5.64. The minimum Gasteiger partial charge on any atom is -0.507 e. The van der Waals surface area contributed by atoms with Crippen molar-refractivity contribution in [3.8, 4) is 22.9 Å². The Morgan fingerprint density at radius 3 is 2.68 bits per heavy atom. The van der Waals surface area contributed by atoms with Gasteiger partial charge in [-0.25, -0.2) is 0 Å². The van der Waals surface area contributed by atoms with E-state index in [4.69, 9.17) is 10.4 Å². The topological polar surface area (TPSA) is 97.1 Å². The molecule has 0 spiro atoms. The molecule has 0 aliphatic carbocycles. The standard InChI is InChI=1S/C14H12N2O3/c1-8-4-10(12(6-15)14(19)16-8)11-5-9(7-17)2-3-13(11)18/h2-5,17-18H,7H2,1H3,(H,16,19). The van der Waals surface area contributed by atoms with Crippen molar-refractivity contribution in [2.75, 3.05) is 0 Å². The van der Waals surface area contributed by atoms with E-state index in [1.165, 1.54) is 6.07 Å². The van der Waals surface area contributed by atoms with E-state index in [-0.39, 0.29) is 17.9 Å². The van der Waals surface area contributed by atoms with Gasteiger partial charge in [0.05, 0.1) is 6.61 Å². The molecule has 96 valence electrons. The average molecular weight is 256 g/mol. The summed E-state index contributed by atoms with van der Waals surface area (Å²) < 4.78 is 0. The number of nitriles is 1. The van der Waals surface area contributed by atoms with Gasteiger partial charge in [0, 0.05) is 16.8 Å². The minimum atomic E-state index is -0.494. The van der Waals surface area contributed by atoms with Crippen molar-refractivity contribution in [1.29, 1.82) is 5.26 Å². The van der Waals surface area contributed by atoms with Crippen LogP contribution in [0.5, 0.6) is 5.75 Å². The lowest BCUT2D eigenvalue weighted by molar-refractivity contribution is 0.282. The monoisotopic (exact) mass is 256 g/mol. The highest BCUT2D eigenvalue weighted by atomic mass is 16.3. The summed E-state index contributed by atoms with van der Waals surface area (Å²) in [4.78, 5) is 14.3. The van der Waals surface area contributed by atoms with Crippen LogP contribution in [-0.2, 0) is 6.61 Å². The molecule has 3 N–H and O–H groups in total. The highest BCUT2D eigenvalue weighted by Gasteiger charge is 2.14. The second-order valence-corrected chi connectivity index (χ2v) is 4.19. The van der Waals surface area contributed by atoms with E-state index in [0.29, 0.717) is 22.4 Å². The van der Waals surface area contributed by atoms with Crippen LogP contribution in [0.15, 0.2) is 29.1 Å². The van der Waals surface area contributed by atoms with Gasteiger partial charge in [-0.15, -0.1) is 0 Å². The number of hydrogen-bond acceptors (Lipinski definition) is 4. The zero-order valence-electron chi connectivity index (χ0n) is 10.3. The van der Waals surface area contributed by atoms with E-state index in [1.54, 1.807) is 25.1 Å². The molecule has 0 unspecified atom stereocenters. The smallest absolute Gasteiger partial charge is 0.266 e. The van der Waals surface area contributed by atoms with Crippen LogP contribution in [0.25, 0.3) is 11.1 Å². The zero-order chi connectivity index (χ0) is 14.0. The fourth-order valence-electron chi connectivity index (χ4n) is 1.91. The Balaban J connectivity index is 2.79. The first-order valence-corrected chi connectivity index (χ1v) is 5.64. The second-order valence-electron chi connectivity index (χ2n) is 4.19. The van der Waals surface area contributed by atoms with Crippen molar-refractivity contribution in [2.45, 2.75) is 13.5 Å². The van der Waals surface area contributed by atoms with E-state index in [1.807, 2.05) is 6.07 Å². The van der Waals surface area contributed by atoms with Crippen LogP contribution in [0.4, 0.5) is 0 Å². The Hall–Kier alpha value is -2.58. The van der Waals surface area contributed by atoms with Crippen LogP contribution in [0.2, 0.25) is 0 Å². The summed E-state index contributed by atoms with van der Waals surface area (Å²) in [5, 5.41) is 28.1. The number of aliphatic hydroxyl groups excluding tert-OH is 1. The second kappa shape index (κ2) is 4.96. The van der Waals surface area contributed by atoms with Gasteiger partial charge in [0.1, 0.15) is 17.4 Å². The summed E-state index contributed by atoms with van der Waals surface area (Å²) in [5.41, 5.74) is 1.35. The molecular weight excluding hydrogens is 244 g/mol. The number of aliphatic hydroxyl groups is 1. The molecule has 0 aliphatic rings. The van der Waals surface area contributed by atoms with Crippen LogP contribution < -0.4 is 5.56 Å². The third-order valence-electron chi connectivity index (χ3n) is 2.81. The lowest BCUT2D eigenvalue weighted by Crippen LogP contribution is -2.12. The van der Waals surface area contributed by atoms with Crippen molar-refractivity contribution in [2.24, 2.45) is 0 Å². The van der Waals surface area contributed by atoms with Gasteiger partial charge in [-0.1, -0.05) is 6.07 Å². The number of rotatable bonds is 2. The number of aromatic hydroxyl groups is 1. The molecule has 19 heavy (non-hydrogen) atoms. The lowest BCUT2D eigenvalue weighted by Gasteiger charge is -2.09. The molecule has 1 aromatic heterocycles. The predicted molar refractivity (Wildman–Crippen MR) is 69.5 cm³/mol. The number of nitrogens with zero attached hydrogens (tertiary/aromatic N) is 1. The Kier molecular flexibility index (Phi) is 3.36. The van der Waals surface area contributed by atoms with Gasteiger partial charge < -0.3 is 15.2 Å². The minimum absolute atomic E-state index is 0.0429. The number of phenolic OH excluding ortho intramolecular Hbond substituents is 1. The van der Waals surface area contributed by atoms with E-state index < -0.39 is 5.56 Å². The number of pyridine rings is 1. The van der Waals surface area contributed by atoms with Crippen LogP contribution in [0, 0.1) is 18.3 Å². The normalized spacial score (nSPS) is 10.2. The number of aromatic amines is 1. The molecule has 5 nitrogen and oxygen atoms in total. The van der Waals surface area contributed by atoms with Crippen molar-refractivity contribution < 1.29 is 10.2 Å². The summed E-state index contributed by atoms with van der Waals surface area (Å²) in [6, 6.07) is 8.02. The number of phenols is 1. The maximum absolute atomic E-state index is 11.7. The molecule has 0 saturated heterocycles. The fourth-order valence-corrected chi connectivity index (χ4v) is 1.91. The van der Waals surface area contributed by atoms with Crippen molar-refractivity contribution >= 4 is 0 Å². The third-order valence-corrected chi connectivity index (χ3v) is 2.81. The third kappa shape index (κ3) is 2.34. The number of hydrogen-bond donors (Lipinski definition) is 3. The summed E-state index contributed by atoms with van der Waals surface area (Å²) in [6.45, 7) is 1.51. The van der Waals surface area contributed by atoms with E-state index in [2.05, 4.69) is 4.98 Å². The van der Waals surface area contributed by atoms with Gasteiger partial charge in [0.2, 0.25) is 0 Å². The Labute approximate surface area is 109 Å². The Bertz CT molecular complexity index is 726. The first-order chi connectivity index (χ1) is 9.06. The molecule has 0 atom stereocenters. The summed E-state index contributed by atoms with van der Waals surface area (Å²) >= 11 is 0. The van der Waals surface area contributed by atoms with Gasteiger partial charge >= 0.3 is 0 Å². The Morgan fingerprint density at radius 1 is 1.32 bits per heavy atom. The SMILES string of the molecule is Cc1cc(-c2cc(CO)ccc2O)c(C#N)c(=O)[nH]1. The average Bonchev–Trinajstić information content (AvgIpc) is 2.38. The maximum Gasteiger partial charge on any atom is 0.266 e. The van der Waals surface area contributed by atoms with Crippen LogP contribution in [0.3, 0.4) is 0 Å². The molecular formula is C14H12N2O3. The van der Waals surface area contributed by atoms with Crippen LogP contribution in [-0.4, -0.2) is 15.2 Å². The van der Waals surface area contributed by atoms with Gasteiger partial charge in [-0.2, -0.15) is 5.26 Å². The van der Waals surface area contributed by atoms with Gasteiger partial charge in [-0.05, 0) is 30.7 Å². The van der Waals surface area contributed by atoms with Gasteiger partial charge in [-0.3, -0.25) is 4.79 Å². The predicted octanol–water partition coefficient (Wildman–Crippen LogP) is 1.42. The first kappa shape index (κ1) is 12.9. The highest BCUT2D eigenvalue weighted by Crippen LogP contribution is 2.31. The molecule has 2 rings (SSSR count). The fraction of sp³-hybridized carbons (Fsp3) is 0.143. The number of H-pyrrole nitrogens is 1. The molecule has 1 aromatic carbocycles. The van der Waals surface area contributed by atoms with E-state index in [9.17, 15) is 9.90 Å². The molecule has 0 bridgehead atoms. The highest BCUT2D eigenvalue weighted by molar-refractivity contribution is 5.75. The summed E-state index contributed by atoms with van der Waals surface area (Å²) in [5.74, 6) is -0.0429. The number of benzene rings is 1. The van der Waals surface area contributed by atoms with E-state index in [0.717, 1.165) is 0 Å². The van der Waals surface area contributed by atoms with Crippen LogP contribution >= 0.6 is 0 Å². The lowest BCUT2D eigenvalue weighted by atomic mass is 9.98. The quantitative estimate of drug-likeness (QED) is 0.757. The van der Waals surface area contributed by atoms with Crippen molar-refractivity contribution in [3.05, 3.63) is 51.4 Å². The molecule has 0 saturated carbocycles. The number of aromatic nitrogens is 1. The van der Waals surface area contributed by atoms with Crippen molar-refractivity contribution in [3.63, 3.8) is 0 Å². The molecule has 2 aromatic rings. The molecule has 5 heteroatoms. The Morgan fingerprint density at radius 2 is 2.05 bits per heavy atom. The largest absolute Gasteiger partial charge is 0.507 e. The molecule has 0 fully saturated rings. The number of nitrogens with one attached hydrogen (secondary N) is 1. The number of aryl methyl sites for hydroxylation is 1. The molecule has 1 heterocycles. The maximum atomic E-state index is 11.7. The summed E-state index contributed by atoms with van der Waals surface area (Å²) in [6.07, 6.45) is 0. The zero-order valence-corrected chi connectivity index (χ0v) is 10.3. The summed E-state index contributed by atoms with van der Waals surface area (Å²) in [7, 11) is 0. The molecule has 0 radical (unpaired) electrons. The van der Waals surface area contributed by atoms with Gasteiger partial charge in [0.25, 0.3) is 5.56 Å². The molecule has 0 amide bonds.